The van der Waals surface area contributed by atoms with E-state index in [2.05, 4.69) is 0 Å². The maximum atomic E-state index is 12.2. The second kappa shape index (κ2) is 3.33. The van der Waals surface area contributed by atoms with E-state index in [0.717, 1.165) is 0 Å². The predicted octanol–water partition coefficient (Wildman–Crippen LogP) is 2.55. The van der Waals surface area contributed by atoms with Gasteiger partial charge in [-0.3, -0.25) is 4.79 Å². The Morgan fingerprint density at radius 2 is 2.00 bits per heavy atom. The molecule has 0 aromatic rings. The minimum absolute atomic E-state index is 0.0353. The summed E-state index contributed by atoms with van der Waals surface area (Å²) in [4.78, 5) is 10.7. The molecule has 0 aromatic heterocycles. The fourth-order valence-corrected chi connectivity index (χ4v) is 1.82. The van der Waals surface area contributed by atoms with Gasteiger partial charge >= 0.3 is 5.97 Å². The molecule has 0 heterocycles. The van der Waals surface area contributed by atoms with E-state index in [-0.39, 0.29) is 16.9 Å². The lowest BCUT2D eigenvalue weighted by atomic mass is 10.1. The Morgan fingerprint density at radius 3 is 2.29 bits per heavy atom. The molecule has 2 atom stereocenters. The Hall–Kier alpha value is -0.930. The molecule has 0 saturated heterocycles. The molecule has 0 aromatic carbocycles. The van der Waals surface area contributed by atoms with Crippen molar-refractivity contribution in [2.24, 2.45) is 17.3 Å². The topological polar surface area (TPSA) is 37.3 Å². The van der Waals surface area contributed by atoms with Crippen molar-refractivity contribution in [2.45, 2.75) is 27.2 Å². The van der Waals surface area contributed by atoms with Gasteiger partial charge in [0.15, 0.2) is 0 Å². The molecule has 4 heteroatoms. The van der Waals surface area contributed by atoms with E-state index in [0.29, 0.717) is 0 Å². The lowest BCUT2D eigenvalue weighted by molar-refractivity contribution is -0.139. The van der Waals surface area contributed by atoms with Gasteiger partial charge in [-0.15, -0.1) is 0 Å². The summed E-state index contributed by atoms with van der Waals surface area (Å²) in [6, 6.07) is 0. The Balaban J connectivity index is 2.75. The highest BCUT2D eigenvalue weighted by molar-refractivity contribution is 5.76. The zero-order valence-electron chi connectivity index (χ0n) is 8.42. The van der Waals surface area contributed by atoms with Gasteiger partial charge in [-0.05, 0) is 23.8 Å². The summed E-state index contributed by atoms with van der Waals surface area (Å²) >= 11 is 0. The molecule has 1 saturated carbocycles. The second-order valence-corrected chi connectivity index (χ2v) is 4.37. The van der Waals surface area contributed by atoms with Crippen LogP contribution in [0.15, 0.2) is 11.6 Å². The van der Waals surface area contributed by atoms with Crippen LogP contribution < -0.4 is 0 Å². The van der Waals surface area contributed by atoms with Gasteiger partial charge in [-0.1, -0.05) is 19.9 Å². The summed E-state index contributed by atoms with van der Waals surface area (Å²) in [6.07, 6.45) is -1.09. The average Bonchev–Trinajstić information content (AvgIpc) is 2.52. The Bertz CT molecular complexity index is 282. The molecule has 0 radical (unpaired) electrons. The molecule has 0 bridgehead atoms. The van der Waals surface area contributed by atoms with E-state index < -0.39 is 18.3 Å². The van der Waals surface area contributed by atoms with Crippen LogP contribution in [0.2, 0.25) is 0 Å². The van der Waals surface area contributed by atoms with Crippen molar-refractivity contribution < 1.29 is 18.7 Å². The predicted molar refractivity (Wildman–Crippen MR) is 48.2 cm³/mol. The van der Waals surface area contributed by atoms with Crippen LogP contribution in [0.25, 0.3) is 0 Å². The van der Waals surface area contributed by atoms with Crippen LogP contribution in [0.4, 0.5) is 8.78 Å². The smallest absolute Gasteiger partial charge is 0.307 e. The van der Waals surface area contributed by atoms with Crippen LogP contribution >= 0.6 is 0 Å². The Kier molecular flexibility index (Phi) is 2.65. The Labute approximate surface area is 81.6 Å². The van der Waals surface area contributed by atoms with Gasteiger partial charge < -0.3 is 5.11 Å². The van der Waals surface area contributed by atoms with Crippen LogP contribution in [0, 0.1) is 17.3 Å². The summed E-state index contributed by atoms with van der Waals surface area (Å²) in [5.74, 6) is -1.68. The standard InChI is InChI=1S/C10H14F2O2/c1-5(8(11)12)4-6-7(9(13)14)10(6,2)3/h4,6-8H,1-3H3,(H,13,14)/b5-4+. The number of rotatable bonds is 3. The first-order valence-electron chi connectivity index (χ1n) is 4.47. The number of carboxylic acids is 1. The normalized spacial score (nSPS) is 30.6. The number of halogens is 2. The molecule has 80 valence electrons. The van der Waals surface area contributed by atoms with E-state index in [1.165, 1.54) is 13.0 Å². The molecular weight excluding hydrogens is 190 g/mol. The summed E-state index contributed by atoms with van der Waals surface area (Å²) in [6.45, 7) is 4.90. The highest BCUT2D eigenvalue weighted by Gasteiger charge is 2.60. The first-order valence-corrected chi connectivity index (χ1v) is 4.47. The van der Waals surface area contributed by atoms with Crippen molar-refractivity contribution in [2.75, 3.05) is 0 Å². The number of hydrogen-bond donors (Lipinski definition) is 1. The van der Waals surface area contributed by atoms with Crippen molar-refractivity contribution in [1.82, 2.24) is 0 Å². The molecule has 1 N–H and O–H groups in total. The Morgan fingerprint density at radius 1 is 1.50 bits per heavy atom. The van der Waals surface area contributed by atoms with Crippen molar-refractivity contribution in [3.8, 4) is 0 Å². The van der Waals surface area contributed by atoms with Crippen LogP contribution in [-0.2, 0) is 4.79 Å². The molecule has 14 heavy (non-hydrogen) atoms. The van der Waals surface area contributed by atoms with Gasteiger partial charge in [0.2, 0.25) is 0 Å². The highest BCUT2D eigenvalue weighted by Crippen LogP contribution is 2.59. The van der Waals surface area contributed by atoms with Crippen LogP contribution in [0.3, 0.4) is 0 Å². The number of alkyl halides is 2. The molecule has 0 aliphatic heterocycles. The van der Waals surface area contributed by atoms with Gasteiger partial charge in [0, 0.05) is 0 Å². The zero-order valence-corrected chi connectivity index (χ0v) is 8.42. The monoisotopic (exact) mass is 204 g/mol. The molecule has 1 aliphatic carbocycles. The van der Waals surface area contributed by atoms with Crippen LogP contribution in [-0.4, -0.2) is 17.5 Å². The van der Waals surface area contributed by atoms with Gasteiger partial charge in [0.1, 0.15) is 0 Å². The average molecular weight is 204 g/mol. The highest BCUT2D eigenvalue weighted by atomic mass is 19.3. The van der Waals surface area contributed by atoms with Gasteiger partial charge in [0.25, 0.3) is 6.43 Å². The quantitative estimate of drug-likeness (QED) is 0.717. The summed E-state index contributed by atoms with van der Waals surface area (Å²) in [5.41, 5.74) is -0.422. The fraction of sp³-hybridized carbons (Fsp3) is 0.700. The lowest BCUT2D eigenvalue weighted by Crippen LogP contribution is -2.03. The molecule has 2 unspecified atom stereocenters. The minimum atomic E-state index is -2.49. The SMILES string of the molecule is C/C(=C\C1C(C(=O)O)C1(C)C)C(F)F. The molecule has 1 fully saturated rings. The van der Waals surface area contributed by atoms with Crippen molar-refractivity contribution in [3.63, 3.8) is 0 Å². The lowest BCUT2D eigenvalue weighted by Gasteiger charge is -1.99. The number of aliphatic carboxylic acids is 1. The van der Waals surface area contributed by atoms with Crippen molar-refractivity contribution >= 4 is 5.97 Å². The van der Waals surface area contributed by atoms with Crippen LogP contribution in [0.1, 0.15) is 20.8 Å². The van der Waals surface area contributed by atoms with Gasteiger partial charge in [-0.2, -0.15) is 0 Å². The third kappa shape index (κ3) is 1.79. The van der Waals surface area contributed by atoms with Crippen LogP contribution in [0.5, 0.6) is 0 Å². The molecule has 1 rings (SSSR count). The molecular formula is C10H14F2O2. The largest absolute Gasteiger partial charge is 0.481 e. The number of allylic oxidation sites excluding steroid dienone is 2. The third-order valence-corrected chi connectivity index (χ3v) is 2.96. The molecule has 2 nitrogen and oxygen atoms in total. The van der Waals surface area contributed by atoms with E-state index in [1.807, 2.05) is 0 Å². The number of hydrogen-bond acceptors (Lipinski definition) is 1. The minimum Gasteiger partial charge on any atom is -0.481 e. The van der Waals surface area contributed by atoms with Gasteiger partial charge in [-0.25, -0.2) is 8.78 Å². The summed E-state index contributed by atoms with van der Waals surface area (Å²) < 4.78 is 24.4. The first-order chi connectivity index (χ1) is 6.28. The molecule has 0 spiro atoms. The maximum absolute atomic E-state index is 12.2. The van der Waals surface area contributed by atoms with Crippen molar-refractivity contribution in [1.29, 1.82) is 0 Å². The van der Waals surface area contributed by atoms with E-state index in [9.17, 15) is 13.6 Å². The molecule has 0 amide bonds. The number of carboxylic acid groups (broad SMARTS) is 1. The second-order valence-electron chi connectivity index (χ2n) is 4.37. The van der Waals surface area contributed by atoms with Gasteiger partial charge in [0.05, 0.1) is 5.92 Å². The van der Waals surface area contributed by atoms with Crippen molar-refractivity contribution in [3.05, 3.63) is 11.6 Å². The third-order valence-electron chi connectivity index (χ3n) is 2.96. The zero-order chi connectivity index (χ0) is 11.1. The van der Waals surface area contributed by atoms with E-state index in [4.69, 9.17) is 5.11 Å². The maximum Gasteiger partial charge on any atom is 0.307 e. The summed E-state index contributed by atoms with van der Waals surface area (Å²) in [5, 5.41) is 8.79. The molecule has 1 aliphatic rings. The summed E-state index contributed by atoms with van der Waals surface area (Å²) in [7, 11) is 0. The number of carbonyl (C=O) groups is 1. The first kappa shape index (κ1) is 11.1. The van der Waals surface area contributed by atoms with E-state index in [1.54, 1.807) is 13.8 Å². The van der Waals surface area contributed by atoms with E-state index >= 15 is 0 Å². The fourth-order valence-electron chi connectivity index (χ4n) is 1.82.